The predicted molar refractivity (Wildman–Crippen MR) is 84.5 cm³/mol. The highest BCUT2D eigenvalue weighted by atomic mass is 32.2. The molecule has 0 atom stereocenters. The highest BCUT2D eigenvalue weighted by molar-refractivity contribution is 7.89. The lowest BCUT2D eigenvalue weighted by Crippen LogP contribution is -2.41. The fourth-order valence-corrected chi connectivity index (χ4v) is 4.27. The number of ether oxygens (including phenoxy) is 1. The number of hydrogen-bond acceptors (Lipinski definition) is 6. The lowest BCUT2D eigenvalue weighted by atomic mass is 10.1. The van der Waals surface area contributed by atoms with Gasteiger partial charge in [-0.3, -0.25) is 10.1 Å². The molecule has 0 aliphatic carbocycles. The smallest absolute Gasteiger partial charge is 0.292 e. The van der Waals surface area contributed by atoms with E-state index in [2.05, 4.69) is 0 Å². The van der Waals surface area contributed by atoms with Crippen molar-refractivity contribution in [2.45, 2.75) is 30.3 Å². The van der Waals surface area contributed by atoms with Crippen LogP contribution in [0.3, 0.4) is 0 Å². The second-order valence-corrected chi connectivity index (χ2v) is 7.34. The number of nitro groups is 1. The molecule has 0 saturated carbocycles. The van der Waals surface area contributed by atoms with Crippen molar-refractivity contribution in [3.8, 4) is 0 Å². The van der Waals surface area contributed by atoms with Crippen molar-refractivity contribution in [1.82, 2.24) is 4.31 Å². The average Bonchev–Trinajstić information content (AvgIpc) is 2.55. The maximum atomic E-state index is 14.0. The second-order valence-electron chi connectivity index (χ2n) is 5.46. The van der Waals surface area contributed by atoms with E-state index in [1.165, 1.54) is 0 Å². The Bertz CT molecular complexity index is 690. The molecule has 0 bridgehead atoms. The van der Waals surface area contributed by atoms with Crippen molar-refractivity contribution in [3.05, 3.63) is 34.1 Å². The van der Waals surface area contributed by atoms with E-state index in [-0.39, 0.29) is 19.2 Å². The molecule has 1 aliphatic rings. The molecule has 1 aromatic carbocycles. The van der Waals surface area contributed by atoms with Gasteiger partial charge in [-0.05, 0) is 31.9 Å². The van der Waals surface area contributed by atoms with Gasteiger partial charge in [0.15, 0.2) is 4.90 Å². The van der Waals surface area contributed by atoms with E-state index < -0.39 is 31.3 Å². The van der Waals surface area contributed by atoms with Crippen molar-refractivity contribution in [2.75, 3.05) is 26.2 Å². The van der Waals surface area contributed by atoms with Crippen molar-refractivity contribution in [1.29, 1.82) is 0 Å². The number of nitrogens with zero attached hydrogens (tertiary/aromatic N) is 2. The van der Waals surface area contributed by atoms with Crippen LogP contribution in [0.25, 0.3) is 0 Å². The van der Waals surface area contributed by atoms with E-state index in [4.69, 9.17) is 10.5 Å². The van der Waals surface area contributed by atoms with E-state index in [9.17, 15) is 22.9 Å². The topological polar surface area (TPSA) is 116 Å². The number of rotatable bonds is 7. The van der Waals surface area contributed by atoms with Crippen molar-refractivity contribution >= 4 is 15.7 Å². The molecule has 1 aromatic rings. The van der Waals surface area contributed by atoms with Gasteiger partial charge in [-0.25, -0.2) is 12.8 Å². The van der Waals surface area contributed by atoms with Crippen molar-refractivity contribution in [3.63, 3.8) is 0 Å². The number of piperidine rings is 1. The minimum absolute atomic E-state index is 0.0846. The van der Waals surface area contributed by atoms with Gasteiger partial charge in [0.25, 0.3) is 15.7 Å². The largest absolute Gasteiger partial charge is 0.378 e. The maximum Gasteiger partial charge on any atom is 0.292 e. The van der Waals surface area contributed by atoms with Crippen LogP contribution >= 0.6 is 0 Å². The number of nitrogens with two attached hydrogens (primary N) is 1. The second kappa shape index (κ2) is 7.97. The van der Waals surface area contributed by atoms with Crippen LogP contribution in [0.1, 0.15) is 19.3 Å². The van der Waals surface area contributed by atoms with Crippen LogP contribution in [0.2, 0.25) is 0 Å². The van der Waals surface area contributed by atoms with Gasteiger partial charge >= 0.3 is 0 Å². The molecule has 0 radical (unpaired) electrons. The predicted octanol–water partition coefficient (Wildman–Crippen LogP) is 1.25. The fraction of sp³-hybridized carbons (Fsp3) is 0.571. The third-order valence-corrected chi connectivity index (χ3v) is 5.81. The minimum atomic E-state index is -4.28. The van der Waals surface area contributed by atoms with Crippen LogP contribution in [-0.2, 0) is 14.8 Å². The molecular weight excluding hydrogens is 341 g/mol. The highest BCUT2D eigenvalue weighted by Crippen LogP contribution is 2.31. The third-order valence-electron chi connectivity index (χ3n) is 3.84. The molecule has 8 nitrogen and oxygen atoms in total. The van der Waals surface area contributed by atoms with Gasteiger partial charge in [-0.1, -0.05) is 6.07 Å². The minimum Gasteiger partial charge on any atom is -0.378 e. The third kappa shape index (κ3) is 4.07. The SMILES string of the molecule is NCCCOC1CCN(S(=O)(=O)c2c(F)cccc2[N+](=O)[O-])CC1. The Balaban J connectivity index is 2.14. The zero-order valence-corrected chi connectivity index (χ0v) is 13.9. The Labute approximate surface area is 139 Å². The monoisotopic (exact) mass is 361 g/mol. The maximum absolute atomic E-state index is 14.0. The first kappa shape index (κ1) is 18.7. The number of halogens is 1. The van der Waals surface area contributed by atoms with Crippen LogP contribution in [0.5, 0.6) is 0 Å². The Morgan fingerprint density at radius 1 is 1.38 bits per heavy atom. The van der Waals surface area contributed by atoms with Crippen LogP contribution < -0.4 is 5.73 Å². The first-order valence-corrected chi connectivity index (χ1v) is 9.06. The summed E-state index contributed by atoms with van der Waals surface area (Å²) in [5.41, 5.74) is 4.63. The van der Waals surface area contributed by atoms with Gasteiger partial charge in [0.1, 0.15) is 5.82 Å². The van der Waals surface area contributed by atoms with Crippen LogP contribution in [0.4, 0.5) is 10.1 Å². The van der Waals surface area contributed by atoms with Crippen molar-refractivity contribution < 1.29 is 22.5 Å². The molecule has 1 aliphatic heterocycles. The number of hydrogen-bond donors (Lipinski definition) is 1. The quantitative estimate of drug-likeness (QED) is 0.444. The molecular formula is C14H20FN3O5S. The summed E-state index contributed by atoms with van der Waals surface area (Å²) in [5.74, 6) is -1.12. The summed E-state index contributed by atoms with van der Waals surface area (Å²) in [6.07, 6.45) is 1.54. The number of nitro benzene ring substituents is 1. The van der Waals surface area contributed by atoms with Gasteiger partial charge in [0.05, 0.1) is 11.0 Å². The van der Waals surface area contributed by atoms with Crippen molar-refractivity contribution in [2.24, 2.45) is 5.73 Å². The molecule has 0 aromatic heterocycles. The Morgan fingerprint density at radius 3 is 2.62 bits per heavy atom. The molecule has 1 heterocycles. The number of benzene rings is 1. The molecule has 0 spiro atoms. The number of sulfonamides is 1. The summed E-state index contributed by atoms with van der Waals surface area (Å²) in [5, 5.41) is 11.0. The lowest BCUT2D eigenvalue weighted by Gasteiger charge is -2.31. The van der Waals surface area contributed by atoms with E-state index >= 15 is 0 Å². The molecule has 1 fully saturated rings. The van der Waals surface area contributed by atoms with Crippen LogP contribution in [-0.4, -0.2) is 50.0 Å². The first-order valence-electron chi connectivity index (χ1n) is 7.62. The van der Waals surface area contributed by atoms with Gasteiger partial charge in [0, 0.05) is 25.8 Å². The van der Waals surface area contributed by atoms with Gasteiger partial charge in [-0.2, -0.15) is 4.31 Å². The summed E-state index contributed by atoms with van der Waals surface area (Å²) in [6, 6.07) is 3.01. The van der Waals surface area contributed by atoms with Gasteiger partial charge in [-0.15, -0.1) is 0 Å². The Hall–Kier alpha value is -1.62. The molecule has 0 unspecified atom stereocenters. The zero-order valence-electron chi connectivity index (χ0n) is 13.1. The van der Waals surface area contributed by atoms with Crippen LogP contribution in [0.15, 0.2) is 23.1 Å². The summed E-state index contributed by atoms with van der Waals surface area (Å²) in [6.45, 7) is 1.28. The molecule has 24 heavy (non-hydrogen) atoms. The summed E-state index contributed by atoms with van der Waals surface area (Å²) in [4.78, 5) is 9.26. The molecule has 134 valence electrons. The Morgan fingerprint density at radius 2 is 2.04 bits per heavy atom. The van der Waals surface area contributed by atoms with Gasteiger partial charge < -0.3 is 10.5 Å². The van der Waals surface area contributed by atoms with Crippen LogP contribution in [0, 0.1) is 15.9 Å². The fourth-order valence-electron chi connectivity index (χ4n) is 2.60. The summed E-state index contributed by atoms with van der Waals surface area (Å²) in [7, 11) is -4.28. The average molecular weight is 361 g/mol. The van der Waals surface area contributed by atoms with E-state index in [1.54, 1.807) is 0 Å². The summed E-state index contributed by atoms with van der Waals surface area (Å²) >= 11 is 0. The van der Waals surface area contributed by atoms with Gasteiger partial charge in [0.2, 0.25) is 0 Å². The van der Waals surface area contributed by atoms with E-state index in [1.807, 2.05) is 0 Å². The molecule has 1 saturated heterocycles. The molecule has 2 rings (SSSR count). The lowest BCUT2D eigenvalue weighted by molar-refractivity contribution is -0.388. The zero-order chi connectivity index (χ0) is 17.7. The van der Waals surface area contributed by atoms with E-state index in [0.717, 1.165) is 28.9 Å². The summed E-state index contributed by atoms with van der Waals surface area (Å²) < 4.78 is 45.9. The first-order chi connectivity index (χ1) is 11.4. The molecule has 0 amide bonds. The Kier molecular flexibility index (Phi) is 6.21. The molecule has 2 N–H and O–H groups in total. The normalized spacial score (nSPS) is 17.1. The highest BCUT2D eigenvalue weighted by Gasteiger charge is 2.36. The standard InChI is InChI=1S/C14H20FN3O5S/c15-12-3-1-4-13(18(19)20)14(12)24(21,22)17-8-5-11(6-9-17)23-10-2-7-16/h1,3-4,11H,2,5-10,16H2. The van der Waals surface area contributed by atoms with E-state index in [0.29, 0.717) is 26.0 Å². The molecule has 10 heteroatoms.